The van der Waals surface area contributed by atoms with Gasteiger partial charge in [-0.2, -0.15) is 18.3 Å². The molecule has 0 aliphatic heterocycles. The van der Waals surface area contributed by atoms with E-state index in [4.69, 9.17) is 5.84 Å². The average molecular weight is 500 g/mol. The summed E-state index contributed by atoms with van der Waals surface area (Å²) in [5, 5.41) is 17.0. The summed E-state index contributed by atoms with van der Waals surface area (Å²) in [6, 6.07) is 18.4. The highest BCUT2D eigenvalue weighted by atomic mass is 32.2. The van der Waals surface area contributed by atoms with Gasteiger partial charge in [-0.15, -0.1) is 10.2 Å². The summed E-state index contributed by atoms with van der Waals surface area (Å²) in [5.74, 6) is 5.50. The van der Waals surface area contributed by atoms with Gasteiger partial charge in [0.05, 0.1) is 17.0 Å². The highest BCUT2D eigenvalue weighted by molar-refractivity contribution is 7.99. The van der Waals surface area contributed by atoms with Crippen LogP contribution in [0.4, 0.5) is 24.8 Å². The molecule has 4 aromatic rings. The number of nitrogens with one attached hydrogen (secondary N) is 2. The standard InChI is InChI=1S/C23H20F3N7OS/c1-14(16-10-9-15-5-2-3-6-17(15)11-16)29-30-21-31-32-22(33(21)27)35-13-20(34)28-19-8-4-7-18(12-19)23(24,25)26/h2-12H,13,27H2,1H3,(H,28,34)(H,30,31)/b29-14+. The van der Waals surface area contributed by atoms with Crippen molar-refractivity contribution in [3.05, 3.63) is 77.9 Å². The van der Waals surface area contributed by atoms with Crippen molar-refractivity contribution in [3.63, 3.8) is 0 Å². The summed E-state index contributed by atoms with van der Waals surface area (Å²) in [4.78, 5) is 12.2. The molecule has 180 valence electrons. The first kappa shape index (κ1) is 24.1. The van der Waals surface area contributed by atoms with E-state index in [-0.39, 0.29) is 22.5 Å². The highest BCUT2D eigenvalue weighted by Gasteiger charge is 2.30. The van der Waals surface area contributed by atoms with Crippen molar-refractivity contribution in [2.75, 3.05) is 22.3 Å². The minimum absolute atomic E-state index is 0.0421. The normalized spacial score (nSPS) is 12.1. The van der Waals surface area contributed by atoms with Gasteiger partial charge in [-0.3, -0.25) is 4.79 Å². The fraction of sp³-hybridized carbons (Fsp3) is 0.130. The van der Waals surface area contributed by atoms with Gasteiger partial charge in [-0.1, -0.05) is 54.2 Å². The molecule has 0 spiro atoms. The van der Waals surface area contributed by atoms with E-state index in [1.54, 1.807) is 0 Å². The highest BCUT2D eigenvalue weighted by Crippen LogP contribution is 2.30. The maximum absolute atomic E-state index is 12.8. The van der Waals surface area contributed by atoms with Gasteiger partial charge in [0.15, 0.2) is 0 Å². The van der Waals surface area contributed by atoms with Crippen molar-refractivity contribution in [1.82, 2.24) is 14.9 Å². The molecule has 8 nitrogen and oxygen atoms in total. The van der Waals surface area contributed by atoms with E-state index in [1.165, 1.54) is 12.1 Å². The van der Waals surface area contributed by atoms with Crippen LogP contribution in [0.15, 0.2) is 77.0 Å². The molecule has 0 saturated carbocycles. The number of thioether (sulfide) groups is 1. The first-order chi connectivity index (χ1) is 16.7. The molecule has 0 saturated heterocycles. The summed E-state index contributed by atoms with van der Waals surface area (Å²) in [6.45, 7) is 1.84. The Balaban J connectivity index is 1.36. The van der Waals surface area contributed by atoms with Crippen molar-refractivity contribution >= 4 is 45.8 Å². The number of halogens is 3. The molecule has 0 fully saturated rings. The minimum Gasteiger partial charge on any atom is -0.334 e. The smallest absolute Gasteiger partial charge is 0.334 e. The second kappa shape index (κ2) is 10.1. The monoisotopic (exact) mass is 499 g/mol. The topological polar surface area (TPSA) is 110 Å². The lowest BCUT2D eigenvalue weighted by molar-refractivity contribution is -0.137. The Hall–Kier alpha value is -4.06. The second-order valence-corrected chi connectivity index (χ2v) is 8.41. The molecule has 1 heterocycles. The van der Waals surface area contributed by atoms with Gasteiger partial charge in [0.1, 0.15) is 0 Å². The quantitative estimate of drug-likeness (QED) is 0.147. The third-order valence-corrected chi connectivity index (χ3v) is 5.90. The number of nitrogens with two attached hydrogens (primary N) is 1. The number of alkyl halides is 3. The Labute approximate surface area is 202 Å². The van der Waals surface area contributed by atoms with E-state index in [0.29, 0.717) is 5.71 Å². The Bertz CT molecular complexity index is 1400. The van der Waals surface area contributed by atoms with Crippen molar-refractivity contribution in [3.8, 4) is 0 Å². The molecule has 0 unspecified atom stereocenters. The number of hydrogen-bond donors (Lipinski definition) is 3. The number of nitrogens with zero attached hydrogens (tertiary/aromatic N) is 4. The molecular formula is C23H20F3N7OS. The van der Waals surface area contributed by atoms with Gasteiger partial charge in [-0.05, 0) is 47.5 Å². The van der Waals surface area contributed by atoms with Crippen molar-refractivity contribution in [2.24, 2.45) is 5.10 Å². The fourth-order valence-electron chi connectivity index (χ4n) is 3.16. The van der Waals surface area contributed by atoms with Crippen LogP contribution in [0.3, 0.4) is 0 Å². The lowest BCUT2D eigenvalue weighted by Crippen LogP contribution is -2.17. The van der Waals surface area contributed by atoms with E-state index in [9.17, 15) is 18.0 Å². The number of hydrogen-bond acceptors (Lipinski definition) is 7. The van der Waals surface area contributed by atoms with Crippen molar-refractivity contribution in [1.29, 1.82) is 0 Å². The molecule has 0 atom stereocenters. The van der Waals surface area contributed by atoms with E-state index in [0.717, 1.165) is 44.9 Å². The molecule has 0 aliphatic rings. The van der Waals surface area contributed by atoms with Gasteiger partial charge in [0.25, 0.3) is 5.95 Å². The minimum atomic E-state index is -4.50. The van der Waals surface area contributed by atoms with Gasteiger partial charge < -0.3 is 11.2 Å². The Morgan fingerprint density at radius 3 is 2.60 bits per heavy atom. The molecule has 3 aromatic carbocycles. The van der Waals surface area contributed by atoms with E-state index in [2.05, 4.69) is 26.0 Å². The first-order valence-corrected chi connectivity index (χ1v) is 11.3. The molecule has 0 aliphatic carbocycles. The number of nitrogen functional groups attached to an aromatic ring is 1. The van der Waals surface area contributed by atoms with Crippen LogP contribution in [-0.2, 0) is 11.0 Å². The molecule has 0 radical (unpaired) electrons. The lowest BCUT2D eigenvalue weighted by Gasteiger charge is -2.09. The zero-order valence-electron chi connectivity index (χ0n) is 18.4. The maximum atomic E-state index is 12.8. The Kier molecular flexibility index (Phi) is 6.92. The third kappa shape index (κ3) is 5.90. The molecule has 12 heteroatoms. The molecule has 4 N–H and O–H groups in total. The van der Waals surface area contributed by atoms with Gasteiger partial charge in [0.2, 0.25) is 11.1 Å². The zero-order chi connectivity index (χ0) is 25.0. The Morgan fingerprint density at radius 1 is 1.06 bits per heavy atom. The van der Waals surface area contributed by atoms with Crippen LogP contribution >= 0.6 is 11.8 Å². The third-order valence-electron chi connectivity index (χ3n) is 4.96. The van der Waals surface area contributed by atoms with Gasteiger partial charge in [-0.25, -0.2) is 10.1 Å². The molecule has 0 bridgehead atoms. The summed E-state index contributed by atoms with van der Waals surface area (Å²) < 4.78 is 39.6. The van der Waals surface area contributed by atoms with E-state index in [1.807, 2.05) is 49.4 Å². The van der Waals surface area contributed by atoms with Gasteiger partial charge >= 0.3 is 6.18 Å². The first-order valence-electron chi connectivity index (χ1n) is 10.3. The second-order valence-electron chi connectivity index (χ2n) is 7.46. The SMILES string of the molecule is C/C(=N\Nc1nnc(SCC(=O)Nc2cccc(C(F)(F)F)c2)n1N)c1ccc2ccccc2c1. The number of rotatable bonds is 7. The summed E-state index contributed by atoms with van der Waals surface area (Å²) in [7, 11) is 0. The molecule has 1 amide bonds. The van der Waals surface area contributed by atoms with Crippen LogP contribution in [0.25, 0.3) is 10.8 Å². The molecule has 4 rings (SSSR count). The average Bonchev–Trinajstić information content (AvgIpc) is 3.19. The Morgan fingerprint density at radius 2 is 1.83 bits per heavy atom. The predicted octanol–water partition coefficient (Wildman–Crippen LogP) is 4.73. The maximum Gasteiger partial charge on any atom is 0.416 e. The van der Waals surface area contributed by atoms with Crippen LogP contribution in [0.2, 0.25) is 0 Å². The summed E-state index contributed by atoms with van der Waals surface area (Å²) in [5.41, 5.74) is 3.57. The van der Waals surface area contributed by atoms with Gasteiger partial charge in [0, 0.05) is 5.69 Å². The summed E-state index contributed by atoms with van der Waals surface area (Å²) >= 11 is 0.979. The number of carbonyl (C=O) groups is 1. The number of fused-ring (bicyclic) bond motifs is 1. The van der Waals surface area contributed by atoms with Crippen molar-refractivity contribution in [2.45, 2.75) is 18.3 Å². The van der Waals surface area contributed by atoms with Crippen LogP contribution in [0.5, 0.6) is 0 Å². The number of carbonyl (C=O) groups excluding carboxylic acids is 1. The molecule has 35 heavy (non-hydrogen) atoms. The van der Waals surface area contributed by atoms with E-state index >= 15 is 0 Å². The number of hydrazone groups is 1. The van der Waals surface area contributed by atoms with Crippen molar-refractivity contribution < 1.29 is 18.0 Å². The predicted molar refractivity (Wildman–Crippen MR) is 131 cm³/mol. The summed E-state index contributed by atoms with van der Waals surface area (Å²) in [6.07, 6.45) is -4.50. The number of aromatic nitrogens is 3. The van der Waals surface area contributed by atoms with E-state index < -0.39 is 17.6 Å². The zero-order valence-corrected chi connectivity index (χ0v) is 19.2. The number of benzene rings is 3. The van der Waals surface area contributed by atoms with Crippen LogP contribution in [0.1, 0.15) is 18.1 Å². The number of amides is 1. The molecular weight excluding hydrogens is 479 g/mol. The lowest BCUT2D eigenvalue weighted by atomic mass is 10.0. The van der Waals surface area contributed by atoms with Crippen LogP contribution in [-0.4, -0.2) is 32.2 Å². The molecule has 1 aromatic heterocycles. The van der Waals surface area contributed by atoms with Crippen LogP contribution in [0, 0.1) is 0 Å². The largest absolute Gasteiger partial charge is 0.416 e. The van der Waals surface area contributed by atoms with Crippen LogP contribution < -0.4 is 16.6 Å². The number of anilines is 2. The fourth-order valence-corrected chi connectivity index (χ4v) is 3.82.